The van der Waals surface area contributed by atoms with Crippen molar-refractivity contribution in [1.29, 1.82) is 0 Å². The fourth-order valence-corrected chi connectivity index (χ4v) is 3.95. The minimum Gasteiger partial charge on any atom is -0.367 e. The number of anilines is 1. The normalized spacial score (nSPS) is 16.2. The van der Waals surface area contributed by atoms with Crippen LogP contribution in [0.2, 0.25) is 5.02 Å². The highest BCUT2D eigenvalue weighted by molar-refractivity contribution is 6.51. The van der Waals surface area contributed by atoms with E-state index in [0.717, 1.165) is 22.7 Å². The van der Waals surface area contributed by atoms with Crippen LogP contribution >= 0.6 is 23.2 Å². The number of imidazole rings is 1. The number of benzene rings is 1. The Hall–Kier alpha value is -1.97. The number of rotatable bonds is 4. The maximum Gasteiger partial charge on any atom is 0.140 e. The van der Waals surface area contributed by atoms with E-state index in [9.17, 15) is 0 Å². The topological polar surface area (TPSA) is 29.3 Å². The van der Waals surface area contributed by atoms with Gasteiger partial charge in [-0.15, -0.1) is 0 Å². The first kappa shape index (κ1) is 17.4. The number of hydrogen-bond donors (Lipinski definition) is 1. The maximum absolute atomic E-state index is 6.69. The molecule has 3 nitrogen and oxygen atoms in total. The summed E-state index contributed by atoms with van der Waals surface area (Å²) in [6.07, 6.45) is 10.0. The third-order valence-corrected chi connectivity index (χ3v) is 5.36. The van der Waals surface area contributed by atoms with E-state index in [1.54, 1.807) is 0 Å². The van der Waals surface area contributed by atoms with Crippen molar-refractivity contribution < 1.29 is 0 Å². The van der Waals surface area contributed by atoms with Gasteiger partial charge in [-0.25, -0.2) is 4.98 Å². The number of hydrogen-bond acceptors (Lipinski definition) is 2. The molecule has 1 saturated carbocycles. The van der Waals surface area contributed by atoms with E-state index < -0.39 is 0 Å². The van der Waals surface area contributed by atoms with Crippen LogP contribution in [-0.4, -0.2) is 15.4 Å². The van der Waals surface area contributed by atoms with Crippen molar-refractivity contribution in [3.63, 3.8) is 0 Å². The largest absolute Gasteiger partial charge is 0.367 e. The summed E-state index contributed by atoms with van der Waals surface area (Å²) in [5, 5.41) is 4.98. The molecule has 0 saturated heterocycles. The molecule has 0 aliphatic heterocycles. The van der Waals surface area contributed by atoms with Gasteiger partial charge in [0, 0.05) is 12.2 Å². The third kappa shape index (κ3) is 3.74. The molecule has 1 fully saturated rings. The smallest absolute Gasteiger partial charge is 0.140 e. The van der Waals surface area contributed by atoms with E-state index in [0.29, 0.717) is 16.1 Å². The van der Waals surface area contributed by atoms with E-state index in [4.69, 9.17) is 28.2 Å². The second-order valence-corrected chi connectivity index (χ2v) is 7.61. The van der Waals surface area contributed by atoms with Crippen LogP contribution in [0.4, 0.5) is 5.82 Å². The average Bonchev–Trinajstić information content (AvgIpc) is 3.01. The van der Waals surface area contributed by atoms with Crippen LogP contribution in [0, 0.1) is 0 Å². The Kier molecular flexibility index (Phi) is 5.18. The molecule has 4 rings (SSSR count). The summed E-state index contributed by atoms with van der Waals surface area (Å²) in [4.78, 5) is 4.76. The number of halogens is 2. The highest BCUT2D eigenvalue weighted by atomic mass is 35.5. The monoisotopic (exact) mass is 385 g/mol. The number of nitrogens with zero attached hydrogens (tertiary/aromatic N) is 2. The summed E-state index contributed by atoms with van der Waals surface area (Å²) in [5.74, 6) is 0.923. The van der Waals surface area contributed by atoms with Crippen molar-refractivity contribution in [3.05, 3.63) is 64.9 Å². The Morgan fingerprint density at radius 3 is 2.62 bits per heavy atom. The Morgan fingerprint density at radius 2 is 1.85 bits per heavy atom. The first-order valence-electron chi connectivity index (χ1n) is 9.07. The van der Waals surface area contributed by atoms with Gasteiger partial charge in [-0.2, -0.15) is 0 Å². The van der Waals surface area contributed by atoms with E-state index in [1.807, 2.05) is 59.1 Å². The van der Waals surface area contributed by atoms with Gasteiger partial charge < -0.3 is 5.32 Å². The molecule has 0 spiro atoms. The molecule has 3 aromatic rings. The molecule has 0 bridgehead atoms. The van der Waals surface area contributed by atoms with Gasteiger partial charge in [0.05, 0.1) is 10.1 Å². The van der Waals surface area contributed by atoms with Gasteiger partial charge in [-0.3, -0.25) is 4.40 Å². The highest BCUT2D eigenvalue weighted by Gasteiger charge is 2.20. The zero-order valence-corrected chi connectivity index (χ0v) is 16.0. The Labute approximate surface area is 163 Å². The summed E-state index contributed by atoms with van der Waals surface area (Å²) in [6, 6.07) is 14.3. The summed E-state index contributed by atoms with van der Waals surface area (Å²) in [5.41, 5.74) is 2.65. The predicted octanol–water partition coefficient (Wildman–Crippen LogP) is 6.47. The Balaban J connectivity index is 1.77. The molecule has 1 N–H and O–H groups in total. The standard InChI is InChI=1S/C21H21Cl2N3/c22-16-11-12-19-25-20(18(23)13-15-7-3-1-4-8-15)21(26(19)14-16)24-17-9-5-2-6-10-17/h1,3-4,7-8,11-14,17,24H,2,5-6,9-10H2/b18-13-. The second kappa shape index (κ2) is 7.73. The molecule has 1 aromatic carbocycles. The first-order valence-corrected chi connectivity index (χ1v) is 9.83. The van der Waals surface area contributed by atoms with Crippen molar-refractivity contribution in [2.45, 2.75) is 38.1 Å². The fourth-order valence-electron chi connectivity index (χ4n) is 3.53. The van der Waals surface area contributed by atoms with Gasteiger partial charge in [0.25, 0.3) is 0 Å². The van der Waals surface area contributed by atoms with Crippen LogP contribution < -0.4 is 5.32 Å². The van der Waals surface area contributed by atoms with Crippen molar-refractivity contribution in [1.82, 2.24) is 9.38 Å². The zero-order valence-electron chi connectivity index (χ0n) is 14.5. The molecule has 2 aromatic heterocycles. The van der Waals surface area contributed by atoms with Gasteiger partial charge in [0.15, 0.2) is 0 Å². The molecule has 1 aliphatic carbocycles. The molecule has 0 atom stereocenters. The van der Waals surface area contributed by atoms with Gasteiger partial charge in [0.2, 0.25) is 0 Å². The lowest BCUT2D eigenvalue weighted by Crippen LogP contribution is -2.23. The van der Waals surface area contributed by atoms with E-state index in [2.05, 4.69) is 5.32 Å². The molecule has 1 aliphatic rings. The lowest BCUT2D eigenvalue weighted by Gasteiger charge is -2.24. The molecule has 2 heterocycles. The molecular formula is C21H21Cl2N3. The fraction of sp³-hybridized carbons (Fsp3) is 0.286. The molecular weight excluding hydrogens is 365 g/mol. The van der Waals surface area contributed by atoms with Gasteiger partial charge in [-0.1, -0.05) is 72.8 Å². The number of pyridine rings is 1. The molecule has 26 heavy (non-hydrogen) atoms. The van der Waals surface area contributed by atoms with Gasteiger partial charge in [0.1, 0.15) is 17.2 Å². The summed E-state index contributed by atoms with van der Waals surface area (Å²) in [7, 11) is 0. The number of fused-ring (bicyclic) bond motifs is 1. The SMILES string of the molecule is Cl/C(=C\c1ccccc1)c1nc2ccc(Cl)cn2c1NC1CCCCC1. The molecule has 0 amide bonds. The van der Waals surface area contributed by atoms with Crippen molar-refractivity contribution in [2.75, 3.05) is 5.32 Å². The maximum atomic E-state index is 6.69. The first-order chi connectivity index (χ1) is 12.7. The zero-order chi connectivity index (χ0) is 17.9. The van der Waals surface area contributed by atoms with Crippen LogP contribution in [0.25, 0.3) is 16.8 Å². The van der Waals surface area contributed by atoms with E-state index in [-0.39, 0.29) is 0 Å². The van der Waals surface area contributed by atoms with E-state index >= 15 is 0 Å². The van der Waals surface area contributed by atoms with Crippen LogP contribution in [-0.2, 0) is 0 Å². The van der Waals surface area contributed by atoms with Crippen LogP contribution in [0.3, 0.4) is 0 Å². The molecule has 0 unspecified atom stereocenters. The summed E-state index contributed by atoms with van der Waals surface area (Å²) >= 11 is 12.9. The minimum atomic E-state index is 0.447. The Bertz CT molecular complexity index is 925. The predicted molar refractivity (Wildman–Crippen MR) is 111 cm³/mol. The second-order valence-electron chi connectivity index (χ2n) is 6.77. The minimum absolute atomic E-state index is 0.447. The third-order valence-electron chi connectivity index (χ3n) is 4.85. The molecule has 5 heteroatoms. The van der Waals surface area contributed by atoms with Crippen LogP contribution in [0.15, 0.2) is 48.7 Å². The van der Waals surface area contributed by atoms with Gasteiger partial charge >= 0.3 is 0 Å². The quantitative estimate of drug-likeness (QED) is 0.557. The average molecular weight is 386 g/mol. The molecule has 0 radical (unpaired) electrons. The number of nitrogens with one attached hydrogen (secondary N) is 1. The van der Waals surface area contributed by atoms with Crippen LogP contribution in [0.1, 0.15) is 43.4 Å². The van der Waals surface area contributed by atoms with Crippen molar-refractivity contribution >= 4 is 45.8 Å². The van der Waals surface area contributed by atoms with Gasteiger partial charge in [-0.05, 0) is 36.6 Å². The summed E-state index contributed by atoms with van der Waals surface area (Å²) < 4.78 is 2.01. The number of aromatic nitrogens is 2. The Morgan fingerprint density at radius 1 is 1.08 bits per heavy atom. The summed E-state index contributed by atoms with van der Waals surface area (Å²) in [6.45, 7) is 0. The van der Waals surface area contributed by atoms with Crippen molar-refractivity contribution in [3.8, 4) is 0 Å². The lowest BCUT2D eigenvalue weighted by atomic mass is 9.95. The lowest BCUT2D eigenvalue weighted by molar-refractivity contribution is 0.461. The molecule has 134 valence electrons. The van der Waals surface area contributed by atoms with E-state index in [1.165, 1.54) is 32.1 Å². The van der Waals surface area contributed by atoms with Crippen LogP contribution in [0.5, 0.6) is 0 Å². The highest BCUT2D eigenvalue weighted by Crippen LogP contribution is 2.32. The van der Waals surface area contributed by atoms with Crippen molar-refractivity contribution in [2.24, 2.45) is 0 Å².